The second-order valence-electron chi connectivity index (χ2n) is 11.5. The van der Waals surface area contributed by atoms with Gasteiger partial charge in [-0.2, -0.15) is 0 Å². The summed E-state index contributed by atoms with van der Waals surface area (Å²) in [4.78, 5) is 26.0. The van der Waals surface area contributed by atoms with Crippen molar-refractivity contribution in [3.8, 4) is 0 Å². The molecule has 2 aromatic carbocycles. The van der Waals surface area contributed by atoms with E-state index in [2.05, 4.69) is 10.2 Å². The number of likely N-dealkylation sites (tertiary alicyclic amines) is 1. The molecule has 2 aliphatic heterocycles. The number of rotatable bonds is 13. The maximum Gasteiger partial charge on any atom is 0.243 e. The number of carbonyl (C=O) groups is 2. The molecule has 2 aromatic rings. The van der Waals surface area contributed by atoms with Gasteiger partial charge in [-0.05, 0) is 62.0 Å². The number of anilines is 1. The first-order valence-corrected chi connectivity index (χ1v) is 15.6. The summed E-state index contributed by atoms with van der Waals surface area (Å²) in [6, 6.07) is 15.7. The van der Waals surface area contributed by atoms with Crippen LogP contribution in [0.5, 0.6) is 0 Å². The number of ether oxygens (including phenoxy) is 2. The average Bonchev–Trinajstić information content (AvgIpc) is 3.00. The number of nitrogens with one attached hydrogen (secondary N) is 2. The summed E-state index contributed by atoms with van der Waals surface area (Å²) in [7, 11) is 0. The lowest BCUT2D eigenvalue weighted by Gasteiger charge is -2.38. The first-order chi connectivity index (χ1) is 20.5. The topological polar surface area (TPSA) is 120 Å². The summed E-state index contributed by atoms with van der Waals surface area (Å²) in [6.07, 6.45) is 10.4. The molecule has 0 unspecified atom stereocenters. The van der Waals surface area contributed by atoms with Gasteiger partial charge < -0.3 is 24.8 Å². The molecule has 2 aliphatic rings. The van der Waals surface area contributed by atoms with Crippen LogP contribution >= 0.6 is 0 Å². The molecule has 0 aromatic heterocycles. The lowest BCUT2D eigenvalue weighted by Crippen LogP contribution is -2.40. The lowest BCUT2D eigenvalue weighted by atomic mass is 9.99. The average molecular weight is 582 g/mol. The quantitative estimate of drug-likeness (QED) is 0.135. The third-order valence-corrected chi connectivity index (χ3v) is 8.17. The van der Waals surface area contributed by atoms with Crippen molar-refractivity contribution in [1.29, 1.82) is 0 Å². The van der Waals surface area contributed by atoms with Crippen LogP contribution in [0.3, 0.4) is 0 Å². The van der Waals surface area contributed by atoms with E-state index in [0.29, 0.717) is 19.3 Å². The van der Waals surface area contributed by atoms with E-state index in [0.717, 1.165) is 67.7 Å². The van der Waals surface area contributed by atoms with Crippen molar-refractivity contribution in [2.75, 3.05) is 25.0 Å². The molecule has 9 nitrogen and oxygen atoms in total. The molecule has 42 heavy (non-hydrogen) atoms. The predicted molar refractivity (Wildman–Crippen MR) is 161 cm³/mol. The highest BCUT2D eigenvalue weighted by Gasteiger charge is 2.33. The highest BCUT2D eigenvalue weighted by atomic mass is 16.7. The Labute approximate surface area is 249 Å². The van der Waals surface area contributed by atoms with E-state index >= 15 is 0 Å². The van der Waals surface area contributed by atoms with Crippen LogP contribution in [0.2, 0.25) is 0 Å². The largest absolute Gasteiger partial charge is 0.392 e. The monoisotopic (exact) mass is 581 g/mol. The van der Waals surface area contributed by atoms with Crippen LogP contribution in [0.1, 0.15) is 106 Å². The summed E-state index contributed by atoms with van der Waals surface area (Å²) >= 11 is 0. The van der Waals surface area contributed by atoms with E-state index in [9.17, 15) is 14.7 Å². The van der Waals surface area contributed by atoms with Gasteiger partial charge in [0.05, 0.1) is 18.8 Å². The number of hydroxylamine groups is 1. The fourth-order valence-electron chi connectivity index (χ4n) is 5.74. The van der Waals surface area contributed by atoms with Gasteiger partial charge in [0.15, 0.2) is 6.29 Å². The number of aliphatic hydroxyl groups excluding tert-OH is 1. The molecule has 0 spiro atoms. The standard InChI is InChI=1S/C33H47N3O6/c37-24-25-12-14-26(15-13-25)30-22-29(23-36-20-8-4-1-5-9-21-36)41-33(42-30)27-16-18-28(19-17-27)34-31(38)10-6-2-3-7-11-32(39)35-40/h12-19,29-30,33,37,40H,1-11,20-24H2,(H,34,38)(H,35,39)/t29-,30+,33+/m0/s1. The lowest BCUT2D eigenvalue weighted by molar-refractivity contribution is -0.253. The summed E-state index contributed by atoms with van der Waals surface area (Å²) in [5.74, 6) is -0.420. The second kappa shape index (κ2) is 17.3. The van der Waals surface area contributed by atoms with E-state index < -0.39 is 6.29 Å². The Morgan fingerprint density at radius 2 is 1.40 bits per heavy atom. The fourth-order valence-corrected chi connectivity index (χ4v) is 5.74. The Kier molecular flexibility index (Phi) is 13.2. The molecular weight excluding hydrogens is 534 g/mol. The molecule has 3 atom stereocenters. The first-order valence-electron chi connectivity index (χ1n) is 15.6. The van der Waals surface area contributed by atoms with Crippen LogP contribution in [0, 0.1) is 0 Å². The molecule has 2 saturated heterocycles. The van der Waals surface area contributed by atoms with Gasteiger partial charge in [-0.25, -0.2) is 5.48 Å². The van der Waals surface area contributed by atoms with Crippen molar-refractivity contribution >= 4 is 17.5 Å². The van der Waals surface area contributed by atoms with Crippen LogP contribution in [0.25, 0.3) is 0 Å². The van der Waals surface area contributed by atoms with E-state index in [-0.39, 0.29) is 30.6 Å². The molecule has 9 heteroatoms. The molecule has 2 heterocycles. The SMILES string of the molecule is O=C(CCCCCCC(=O)Nc1ccc([C@@H]2O[C@H](CN3CCCCCCC3)C[C@H](c3ccc(CO)cc3)O2)cc1)NO. The highest BCUT2D eigenvalue weighted by Crippen LogP contribution is 2.38. The third kappa shape index (κ3) is 10.5. The molecule has 0 aliphatic carbocycles. The smallest absolute Gasteiger partial charge is 0.243 e. The van der Waals surface area contributed by atoms with Crippen LogP contribution in [0.4, 0.5) is 5.69 Å². The number of hydrogen-bond acceptors (Lipinski definition) is 7. The van der Waals surface area contributed by atoms with Crippen LogP contribution in [-0.4, -0.2) is 52.8 Å². The second-order valence-corrected chi connectivity index (χ2v) is 11.5. The number of hydrogen-bond donors (Lipinski definition) is 4. The van der Waals surface area contributed by atoms with Crippen molar-refractivity contribution < 1.29 is 29.4 Å². The van der Waals surface area contributed by atoms with Gasteiger partial charge in [-0.3, -0.25) is 14.8 Å². The summed E-state index contributed by atoms with van der Waals surface area (Å²) in [5, 5.41) is 21.0. The minimum Gasteiger partial charge on any atom is -0.392 e. The fraction of sp³-hybridized carbons (Fsp3) is 0.576. The molecule has 0 saturated carbocycles. The zero-order valence-corrected chi connectivity index (χ0v) is 24.6. The van der Waals surface area contributed by atoms with Crippen LogP contribution < -0.4 is 10.8 Å². The minimum absolute atomic E-state index is 0.0174. The molecule has 4 N–H and O–H groups in total. The van der Waals surface area contributed by atoms with Gasteiger partial charge in [-0.1, -0.05) is 68.5 Å². The molecule has 0 bridgehead atoms. The van der Waals surface area contributed by atoms with Crippen molar-refractivity contribution in [1.82, 2.24) is 10.4 Å². The zero-order chi connectivity index (χ0) is 29.6. The van der Waals surface area contributed by atoms with Gasteiger partial charge >= 0.3 is 0 Å². The number of amides is 2. The molecule has 2 fully saturated rings. The highest BCUT2D eigenvalue weighted by molar-refractivity contribution is 5.90. The maximum atomic E-state index is 12.4. The van der Waals surface area contributed by atoms with Crippen molar-refractivity contribution in [2.45, 2.75) is 102 Å². The number of carbonyl (C=O) groups excluding carboxylic acids is 2. The Balaban J connectivity index is 1.34. The number of unbranched alkanes of at least 4 members (excludes halogenated alkanes) is 3. The number of nitrogens with zero attached hydrogens (tertiary/aromatic N) is 1. The van der Waals surface area contributed by atoms with E-state index in [1.807, 2.05) is 48.5 Å². The number of aliphatic hydroxyl groups is 1. The summed E-state index contributed by atoms with van der Waals surface area (Å²) < 4.78 is 13.0. The van der Waals surface area contributed by atoms with Crippen LogP contribution in [0.15, 0.2) is 48.5 Å². The van der Waals surface area contributed by atoms with E-state index in [4.69, 9.17) is 14.7 Å². The summed E-state index contributed by atoms with van der Waals surface area (Å²) in [5.41, 5.74) is 5.24. The Hall–Kier alpha value is -2.82. The van der Waals surface area contributed by atoms with Gasteiger partial charge in [0, 0.05) is 37.1 Å². The first kappa shape index (κ1) is 32.1. The van der Waals surface area contributed by atoms with Gasteiger partial charge in [0.1, 0.15) is 0 Å². The number of benzene rings is 2. The summed E-state index contributed by atoms with van der Waals surface area (Å²) in [6.45, 7) is 3.12. The zero-order valence-electron chi connectivity index (χ0n) is 24.6. The van der Waals surface area contributed by atoms with Gasteiger partial charge in [-0.15, -0.1) is 0 Å². The molecule has 4 rings (SSSR count). The van der Waals surface area contributed by atoms with Crippen molar-refractivity contribution in [3.63, 3.8) is 0 Å². The van der Waals surface area contributed by atoms with E-state index in [1.54, 1.807) is 5.48 Å². The normalized spacial score (nSPS) is 21.7. The molecule has 0 radical (unpaired) electrons. The Bertz CT molecular complexity index is 1090. The molecule has 230 valence electrons. The van der Waals surface area contributed by atoms with E-state index in [1.165, 1.54) is 32.1 Å². The molecule has 2 amide bonds. The van der Waals surface area contributed by atoms with Crippen LogP contribution in [-0.2, 0) is 25.7 Å². The predicted octanol–water partition coefficient (Wildman–Crippen LogP) is 5.77. The van der Waals surface area contributed by atoms with Gasteiger partial charge in [0.25, 0.3) is 0 Å². The third-order valence-electron chi connectivity index (χ3n) is 8.17. The Morgan fingerprint density at radius 1 is 0.786 bits per heavy atom. The maximum absolute atomic E-state index is 12.4. The van der Waals surface area contributed by atoms with Crippen molar-refractivity contribution in [3.05, 3.63) is 65.2 Å². The van der Waals surface area contributed by atoms with Gasteiger partial charge in [0.2, 0.25) is 11.8 Å². The van der Waals surface area contributed by atoms with Crippen molar-refractivity contribution in [2.24, 2.45) is 0 Å². The Morgan fingerprint density at radius 3 is 2.05 bits per heavy atom. The molecular formula is C33H47N3O6. The minimum atomic E-state index is -0.515.